The summed E-state index contributed by atoms with van der Waals surface area (Å²) >= 11 is 0. The fourth-order valence-corrected chi connectivity index (χ4v) is 3.88. The van der Waals surface area contributed by atoms with Gasteiger partial charge < -0.3 is 10.2 Å². The zero-order chi connectivity index (χ0) is 16.3. The predicted octanol–water partition coefficient (Wildman–Crippen LogP) is 4.16. The Morgan fingerprint density at radius 1 is 0.773 bits per heavy atom. The highest BCUT2D eigenvalue weighted by atomic mass is 33.1. The van der Waals surface area contributed by atoms with Crippen LogP contribution in [0.4, 0.5) is 8.78 Å². The van der Waals surface area contributed by atoms with Gasteiger partial charge in [0.05, 0.1) is 11.1 Å². The van der Waals surface area contributed by atoms with Gasteiger partial charge in [-0.3, -0.25) is 0 Å². The summed E-state index contributed by atoms with van der Waals surface area (Å²) in [6.45, 7) is 0. The molecule has 0 aliphatic heterocycles. The summed E-state index contributed by atoms with van der Waals surface area (Å²) in [5, 5.41) is 18.1. The molecule has 0 bridgehead atoms. The summed E-state index contributed by atoms with van der Waals surface area (Å²) in [7, 11) is 1.92. The fourth-order valence-electron chi connectivity index (χ4n) is 1.57. The quantitative estimate of drug-likeness (QED) is 0.795. The number of hydrogen-bond donors (Lipinski definition) is 2. The van der Waals surface area contributed by atoms with Crippen LogP contribution < -0.4 is 0 Å². The minimum absolute atomic E-state index is 0.225. The lowest BCUT2D eigenvalue weighted by Crippen LogP contribution is -2.00. The van der Waals surface area contributed by atoms with E-state index in [4.69, 9.17) is 10.2 Å². The van der Waals surface area contributed by atoms with Crippen LogP contribution in [0.5, 0.6) is 0 Å². The van der Waals surface area contributed by atoms with Crippen molar-refractivity contribution in [3.8, 4) is 0 Å². The van der Waals surface area contributed by atoms with Crippen molar-refractivity contribution in [2.75, 3.05) is 0 Å². The Labute approximate surface area is 131 Å². The molecule has 0 unspecified atom stereocenters. The molecule has 2 N–H and O–H groups in total. The largest absolute Gasteiger partial charge is 0.478 e. The molecule has 114 valence electrons. The zero-order valence-electron chi connectivity index (χ0n) is 10.7. The lowest BCUT2D eigenvalue weighted by molar-refractivity contribution is 0.0682. The van der Waals surface area contributed by atoms with E-state index in [0.717, 1.165) is 45.9 Å². The Hall–Kier alpha value is -2.06. The molecule has 2 aromatic carbocycles. The molecule has 22 heavy (non-hydrogen) atoms. The smallest absolute Gasteiger partial charge is 0.336 e. The van der Waals surface area contributed by atoms with Gasteiger partial charge in [0.25, 0.3) is 0 Å². The average molecular weight is 342 g/mol. The van der Waals surface area contributed by atoms with Crippen molar-refractivity contribution in [2.45, 2.75) is 9.79 Å². The van der Waals surface area contributed by atoms with Crippen LogP contribution in [0.2, 0.25) is 0 Å². The van der Waals surface area contributed by atoms with E-state index in [0.29, 0.717) is 0 Å². The van der Waals surface area contributed by atoms with Crippen LogP contribution in [0.1, 0.15) is 20.7 Å². The van der Waals surface area contributed by atoms with E-state index in [1.54, 1.807) is 0 Å². The molecule has 0 fully saturated rings. The maximum atomic E-state index is 13.1. The number of rotatable bonds is 5. The van der Waals surface area contributed by atoms with Gasteiger partial charge in [0.2, 0.25) is 0 Å². The maximum absolute atomic E-state index is 13.1. The second-order valence-electron chi connectivity index (χ2n) is 4.06. The molecule has 8 heteroatoms. The zero-order valence-corrected chi connectivity index (χ0v) is 12.4. The standard InChI is InChI=1S/C14H8F2O4S2/c15-7-1-3-11(9(5-7)13(17)18)21-22-12-4-2-8(16)6-10(12)14(19)20/h1-6H,(H,17,18)(H,19,20). The maximum Gasteiger partial charge on any atom is 0.336 e. The molecule has 0 saturated carbocycles. The van der Waals surface area contributed by atoms with E-state index < -0.39 is 23.6 Å². The number of benzene rings is 2. The second-order valence-corrected chi connectivity index (χ2v) is 6.27. The van der Waals surface area contributed by atoms with Crippen molar-refractivity contribution in [3.05, 3.63) is 59.2 Å². The van der Waals surface area contributed by atoms with E-state index >= 15 is 0 Å². The fraction of sp³-hybridized carbons (Fsp3) is 0. The molecule has 2 aromatic rings. The minimum Gasteiger partial charge on any atom is -0.478 e. The second kappa shape index (κ2) is 6.80. The van der Waals surface area contributed by atoms with E-state index in [1.165, 1.54) is 12.1 Å². The molecule has 0 heterocycles. The van der Waals surface area contributed by atoms with E-state index in [9.17, 15) is 18.4 Å². The molecule has 0 aliphatic carbocycles. The Kier molecular flexibility index (Phi) is 5.04. The molecule has 0 saturated heterocycles. The highest BCUT2D eigenvalue weighted by Crippen LogP contribution is 2.40. The first kappa shape index (κ1) is 16.3. The number of carbonyl (C=O) groups is 2. The van der Waals surface area contributed by atoms with Crippen LogP contribution in [-0.4, -0.2) is 22.2 Å². The first-order valence-corrected chi connectivity index (χ1v) is 7.93. The number of hydrogen-bond acceptors (Lipinski definition) is 4. The Morgan fingerprint density at radius 3 is 1.45 bits per heavy atom. The summed E-state index contributed by atoms with van der Waals surface area (Å²) in [5.41, 5.74) is -0.451. The lowest BCUT2D eigenvalue weighted by atomic mass is 10.2. The van der Waals surface area contributed by atoms with Gasteiger partial charge >= 0.3 is 11.9 Å². The van der Waals surface area contributed by atoms with E-state index in [2.05, 4.69) is 0 Å². The SMILES string of the molecule is O=C(O)c1cc(F)ccc1SSc1ccc(F)cc1C(=O)O. The van der Waals surface area contributed by atoms with Gasteiger partial charge in [-0.25, -0.2) is 18.4 Å². The highest BCUT2D eigenvalue weighted by molar-refractivity contribution is 8.76. The van der Waals surface area contributed by atoms with Crippen LogP contribution in [-0.2, 0) is 0 Å². The molecule has 0 aliphatic rings. The summed E-state index contributed by atoms with van der Waals surface area (Å²) in [4.78, 5) is 22.7. The Morgan fingerprint density at radius 2 is 1.14 bits per heavy atom. The van der Waals surface area contributed by atoms with Crippen LogP contribution in [0.3, 0.4) is 0 Å². The third-order valence-electron chi connectivity index (χ3n) is 2.57. The molecule has 0 amide bonds. The number of aromatic carboxylic acids is 2. The summed E-state index contributed by atoms with van der Waals surface area (Å²) < 4.78 is 26.2. The summed E-state index contributed by atoms with van der Waals surface area (Å²) in [6, 6.07) is 6.57. The molecular formula is C14H8F2O4S2. The van der Waals surface area contributed by atoms with Gasteiger partial charge in [-0.2, -0.15) is 0 Å². The van der Waals surface area contributed by atoms with Crippen molar-refractivity contribution in [1.82, 2.24) is 0 Å². The van der Waals surface area contributed by atoms with Crippen LogP contribution >= 0.6 is 21.6 Å². The Balaban J connectivity index is 2.28. The average Bonchev–Trinajstić information content (AvgIpc) is 2.46. The summed E-state index contributed by atoms with van der Waals surface area (Å²) in [6.07, 6.45) is 0. The van der Waals surface area contributed by atoms with Gasteiger partial charge in [-0.1, -0.05) is 21.6 Å². The first-order chi connectivity index (χ1) is 10.4. The normalized spacial score (nSPS) is 10.5. The summed E-state index contributed by atoms with van der Waals surface area (Å²) in [5.74, 6) is -3.94. The molecule has 2 rings (SSSR count). The van der Waals surface area contributed by atoms with E-state index in [1.807, 2.05) is 0 Å². The van der Waals surface area contributed by atoms with Gasteiger partial charge in [0, 0.05) is 9.79 Å². The van der Waals surface area contributed by atoms with Gasteiger partial charge in [-0.05, 0) is 36.4 Å². The van der Waals surface area contributed by atoms with Crippen LogP contribution in [0.25, 0.3) is 0 Å². The number of halogens is 2. The molecule has 0 radical (unpaired) electrons. The monoisotopic (exact) mass is 342 g/mol. The molecular weight excluding hydrogens is 334 g/mol. The van der Waals surface area contributed by atoms with Gasteiger partial charge in [-0.15, -0.1) is 0 Å². The predicted molar refractivity (Wildman–Crippen MR) is 78.4 cm³/mol. The Bertz CT molecular complexity index is 686. The minimum atomic E-state index is -1.29. The van der Waals surface area contributed by atoms with Gasteiger partial charge in [0.1, 0.15) is 11.6 Å². The highest BCUT2D eigenvalue weighted by Gasteiger charge is 2.16. The molecule has 0 aromatic heterocycles. The van der Waals surface area contributed by atoms with E-state index in [-0.39, 0.29) is 20.9 Å². The molecule has 4 nitrogen and oxygen atoms in total. The van der Waals surface area contributed by atoms with Crippen molar-refractivity contribution in [3.63, 3.8) is 0 Å². The van der Waals surface area contributed by atoms with Crippen LogP contribution in [0.15, 0.2) is 46.2 Å². The van der Waals surface area contributed by atoms with Crippen molar-refractivity contribution < 1.29 is 28.6 Å². The number of carboxylic acid groups (broad SMARTS) is 2. The topological polar surface area (TPSA) is 74.6 Å². The third kappa shape index (κ3) is 3.77. The first-order valence-electron chi connectivity index (χ1n) is 5.78. The van der Waals surface area contributed by atoms with Crippen molar-refractivity contribution in [1.29, 1.82) is 0 Å². The number of carboxylic acids is 2. The van der Waals surface area contributed by atoms with Gasteiger partial charge in [0.15, 0.2) is 0 Å². The lowest BCUT2D eigenvalue weighted by Gasteiger charge is -2.07. The van der Waals surface area contributed by atoms with Crippen molar-refractivity contribution in [2.24, 2.45) is 0 Å². The third-order valence-corrected chi connectivity index (χ3v) is 5.05. The van der Waals surface area contributed by atoms with Crippen molar-refractivity contribution >= 4 is 33.5 Å². The van der Waals surface area contributed by atoms with Crippen LogP contribution in [0, 0.1) is 11.6 Å². The molecule has 0 spiro atoms. The molecule has 0 atom stereocenters.